The molecule has 192 valence electrons. The molecule has 0 aromatic rings. The number of carbonyl (C=O) groups is 1. The Morgan fingerprint density at radius 2 is 1.51 bits per heavy atom. The van der Waals surface area contributed by atoms with Crippen LogP contribution in [0.3, 0.4) is 0 Å². The number of fused-ring (bicyclic) bond motifs is 2. The number of rotatable bonds is 0. The van der Waals surface area contributed by atoms with Crippen LogP contribution in [0.2, 0.25) is 0 Å². The first-order valence-corrected chi connectivity index (χ1v) is 12.1. The van der Waals surface area contributed by atoms with Gasteiger partial charge in [0.15, 0.2) is 0 Å². The lowest BCUT2D eigenvalue weighted by Crippen LogP contribution is -2.40. The Morgan fingerprint density at radius 3 is 2.29 bits per heavy atom. The summed E-state index contributed by atoms with van der Waals surface area (Å²) in [5, 5.41) is 44.4. The number of amides is 1. The van der Waals surface area contributed by atoms with E-state index >= 15 is 0 Å². The standard InChI is InChI=1S/C28H39NO6/c1-19-11-8-9-14-22(30)17-21(3)29-26(32)16-7-5-4-6-13-20(2)27(33)28(34)25-18-23(31)24(35-25)15-10-12-19/h4-16,20-25,27-28,30-31,33-34H,17-18H2,1-3H3,(H,29,32). The highest BCUT2D eigenvalue weighted by Gasteiger charge is 2.39. The Labute approximate surface area is 208 Å². The molecule has 2 heterocycles. The van der Waals surface area contributed by atoms with Crippen molar-refractivity contribution >= 4 is 5.91 Å². The average Bonchev–Trinajstić information content (AvgIpc) is 3.17. The second-order valence-corrected chi connectivity index (χ2v) is 9.16. The summed E-state index contributed by atoms with van der Waals surface area (Å²) in [5.74, 6) is -0.615. The van der Waals surface area contributed by atoms with Crippen molar-refractivity contribution < 1.29 is 30.0 Å². The maximum absolute atomic E-state index is 12.0. The van der Waals surface area contributed by atoms with Gasteiger partial charge in [-0.25, -0.2) is 0 Å². The van der Waals surface area contributed by atoms with E-state index in [9.17, 15) is 25.2 Å². The molecule has 2 aliphatic heterocycles. The van der Waals surface area contributed by atoms with Crippen LogP contribution in [0.4, 0.5) is 0 Å². The summed E-state index contributed by atoms with van der Waals surface area (Å²) < 4.78 is 5.80. The fourth-order valence-electron chi connectivity index (χ4n) is 3.83. The van der Waals surface area contributed by atoms with Gasteiger partial charge in [-0.15, -0.1) is 0 Å². The van der Waals surface area contributed by atoms with Gasteiger partial charge in [-0.2, -0.15) is 0 Å². The highest BCUT2D eigenvalue weighted by Crippen LogP contribution is 2.27. The molecule has 0 radical (unpaired) electrons. The van der Waals surface area contributed by atoms with Crippen LogP contribution in [0.25, 0.3) is 0 Å². The lowest BCUT2D eigenvalue weighted by molar-refractivity contribution is -0.117. The predicted octanol–water partition coefficient (Wildman–Crippen LogP) is 2.42. The smallest absolute Gasteiger partial charge is 0.244 e. The van der Waals surface area contributed by atoms with Crippen LogP contribution >= 0.6 is 0 Å². The molecule has 0 saturated carbocycles. The summed E-state index contributed by atoms with van der Waals surface area (Å²) >= 11 is 0. The molecule has 1 amide bonds. The van der Waals surface area contributed by atoms with Crippen LogP contribution in [-0.4, -0.2) is 69.0 Å². The predicted molar refractivity (Wildman–Crippen MR) is 137 cm³/mol. The second-order valence-electron chi connectivity index (χ2n) is 9.16. The number of aliphatic hydroxyl groups excluding tert-OH is 4. The van der Waals surface area contributed by atoms with E-state index in [0.29, 0.717) is 6.42 Å². The van der Waals surface area contributed by atoms with Crippen molar-refractivity contribution in [1.82, 2.24) is 5.32 Å². The Balaban J connectivity index is 2.16. The topological polar surface area (TPSA) is 119 Å². The van der Waals surface area contributed by atoms with Gasteiger partial charge < -0.3 is 30.5 Å². The summed E-state index contributed by atoms with van der Waals surface area (Å²) in [6, 6.07) is -0.206. The third kappa shape index (κ3) is 10.3. The molecule has 5 N–H and O–H groups in total. The molecular formula is C28H39NO6. The van der Waals surface area contributed by atoms with Gasteiger partial charge in [0.2, 0.25) is 5.91 Å². The van der Waals surface area contributed by atoms with Gasteiger partial charge in [0.05, 0.1) is 24.4 Å². The zero-order valence-corrected chi connectivity index (χ0v) is 20.6. The van der Waals surface area contributed by atoms with E-state index in [4.69, 9.17) is 4.74 Å². The molecular weight excluding hydrogens is 446 g/mol. The first-order valence-electron chi connectivity index (χ1n) is 12.1. The summed E-state index contributed by atoms with van der Waals surface area (Å²) in [5.41, 5.74) is 0.951. The Bertz CT molecular complexity index is 884. The first kappa shape index (κ1) is 28.7. The van der Waals surface area contributed by atoms with Crippen molar-refractivity contribution in [3.63, 3.8) is 0 Å². The lowest BCUT2D eigenvalue weighted by Gasteiger charge is -2.26. The van der Waals surface area contributed by atoms with Crippen LogP contribution in [0.5, 0.6) is 0 Å². The molecule has 2 aliphatic rings. The maximum atomic E-state index is 12.0. The van der Waals surface area contributed by atoms with Crippen LogP contribution in [0, 0.1) is 5.92 Å². The molecule has 1 fully saturated rings. The molecule has 0 aromatic heterocycles. The molecule has 8 unspecified atom stereocenters. The van der Waals surface area contributed by atoms with Gasteiger partial charge in [-0.05, 0) is 20.3 Å². The van der Waals surface area contributed by atoms with Crippen molar-refractivity contribution in [3.05, 3.63) is 84.6 Å². The van der Waals surface area contributed by atoms with Gasteiger partial charge >= 0.3 is 0 Å². The summed E-state index contributed by atoms with van der Waals surface area (Å²) in [7, 11) is 0. The zero-order chi connectivity index (χ0) is 25.8. The Kier molecular flexibility index (Phi) is 12.1. The van der Waals surface area contributed by atoms with Crippen LogP contribution in [0.15, 0.2) is 84.6 Å². The second kappa shape index (κ2) is 14.8. The Hall–Kier alpha value is -2.55. The minimum Gasteiger partial charge on any atom is -0.390 e. The molecule has 0 aromatic carbocycles. The maximum Gasteiger partial charge on any atom is 0.244 e. The number of aliphatic hydroxyl groups is 4. The van der Waals surface area contributed by atoms with E-state index in [0.717, 1.165) is 5.57 Å². The van der Waals surface area contributed by atoms with Crippen molar-refractivity contribution in [2.75, 3.05) is 0 Å². The number of hydrogen-bond acceptors (Lipinski definition) is 6. The number of carbonyl (C=O) groups excluding carboxylic acids is 1. The minimum absolute atomic E-state index is 0.206. The molecule has 35 heavy (non-hydrogen) atoms. The fourth-order valence-corrected chi connectivity index (χ4v) is 3.83. The van der Waals surface area contributed by atoms with Crippen molar-refractivity contribution in [1.29, 1.82) is 0 Å². The van der Waals surface area contributed by atoms with E-state index < -0.39 is 36.6 Å². The zero-order valence-electron chi connectivity index (χ0n) is 20.6. The lowest BCUT2D eigenvalue weighted by atomic mass is 9.94. The van der Waals surface area contributed by atoms with Gasteiger partial charge in [0, 0.05) is 24.5 Å². The number of hydrogen-bond donors (Lipinski definition) is 5. The molecule has 2 rings (SSSR count). The molecule has 7 heteroatoms. The molecule has 1 saturated heterocycles. The largest absolute Gasteiger partial charge is 0.390 e. The van der Waals surface area contributed by atoms with Gasteiger partial charge in [-0.3, -0.25) is 4.79 Å². The van der Waals surface area contributed by atoms with Crippen LogP contribution < -0.4 is 5.32 Å². The van der Waals surface area contributed by atoms with E-state index in [1.54, 1.807) is 61.6 Å². The fraction of sp³-hybridized carbons (Fsp3) is 0.464. The Morgan fingerprint density at radius 1 is 0.829 bits per heavy atom. The van der Waals surface area contributed by atoms with E-state index in [1.807, 2.05) is 32.1 Å². The van der Waals surface area contributed by atoms with Gasteiger partial charge in [-0.1, -0.05) is 85.4 Å². The number of ether oxygens (including phenoxy) is 1. The first-order chi connectivity index (χ1) is 16.7. The van der Waals surface area contributed by atoms with Crippen molar-refractivity contribution in [2.24, 2.45) is 5.92 Å². The number of allylic oxidation sites excluding steroid dienone is 10. The van der Waals surface area contributed by atoms with Crippen LogP contribution in [0.1, 0.15) is 33.6 Å². The monoisotopic (exact) mass is 485 g/mol. The van der Waals surface area contributed by atoms with Crippen molar-refractivity contribution in [3.8, 4) is 0 Å². The average molecular weight is 486 g/mol. The van der Waals surface area contributed by atoms with E-state index in [1.165, 1.54) is 6.08 Å². The SMILES string of the molecule is CC1=CC=CC2OC(CC2O)C(O)C(O)C(C)C=CC=CC=CC(=O)NC(C)CC(O)C=CC=C1. The molecule has 2 bridgehead atoms. The highest BCUT2D eigenvalue weighted by molar-refractivity contribution is 5.87. The summed E-state index contributed by atoms with van der Waals surface area (Å²) in [6.45, 7) is 5.53. The minimum atomic E-state index is -1.14. The molecule has 0 spiro atoms. The van der Waals surface area contributed by atoms with E-state index in [-0.39, 0.29) is 24.3 Å². The quantitative estimate of drug-likeness (QED) is 0.360. The summed E-state index contributed by atoms with van der Waals surface area (Å²) in [4.78, 5) is 12.0. The van der Waals surface area contributed by atoms with Crippen LogP contribution in [-0.2, 0) is 9.53 Å². The van der Waals surface area contributed by atoms with Gasteiger partial charge in [0.1, 0.15) is 12.2 Å². The molecule has 8 atom stereocenters. The number of nitrogens with one attached hydrogen (secondary N) is 1. The molecule has 0 aliphatic carbocycles. The normalized spacial score (nSPS) is 35.9. The summed E-state index contributed by atoms with van der Waals surface area (Å²) in [6.07, 6.45) is 18.1. The third-order valence-corrected chi connectivity index (χ3v) is 5.90. The highest BCUT2D eigenvalue weighted by atomic mass is 16.5. The molecule has 7 nitrogen and oxygen atoms in total. The van der Waals surface area contributed by atoms with Crippen molar-refractivity contribution in [2.45, 2.75) is 76.3 Å². The van der Waals surface area contributed by atoms with Gasteiger partial charge in [0.25, 0.3) is 0 Å². The third-order valence-electron chi connectivity index (χ3n) is 5.90. The van der Waals surface area contributed by atoms with E-state index in [2.05, 4.69) is 5.32 Å².